The summed E-state index contributed by atoms with van der Waals surface area (Å²) in [5, 5.41) is 3.53. The molecule has 1 amide bonds. The van der Waals surface area contributed by atoms with E-state index in [4.69, 9.17) is 5.73 Å². The number of nitrogens with one attached hydrogen (secondary N) is 1. The van der Waals surface area contributed by atoms with Gasteiger partial charge in [-0.3, -0.25) is 4.79 Å². The van der Waals surface area contributed by atoms with Gasteiger partial charge in [0.25, 0.3) is 0 Å². The number of hydrogen-bond donors (Lipinski definition) is 2. The van der Waals surface area contributed by atoms with Crippen molar-refractivity contribution in [3.05, 3.63) is 70.8 Å². The fourth-order valence-electron chi connectivity index (χ4n) is 2.87. The van der Waals surface area contributed by atoms with Gasteiger partial charge in [0, 0.05) is 18.2 Å². The highest BCUT2D eigenvalue weighted by molar-refractivity contribution is 5.94. The molecule has 0 atom stereocenters. The molecule has 3 heteroatoms. The lowest BCUT2D eigenvalue weighted by Gasteiger charge is -2.13. The summed E-state index contributed by atoms with van der Waals surface area (Å²) in [7, 11) is 0. The normalized spacial score (nSPS) is 14.2. The van der Waals surface area contributed by atoms with Crippen molar-refractivity contribution in [2.45, 2.75) is 25.4 Å². The van der Waals surface area contributed by atoms with Gasteiger partial charge in [-0.05, 0) is 35.6 Å². The Morgan fingerprint density at radius 1 is 1.05 bits per heavy atom. The van der Waals surface area contributed by atoms with Crippen LogP contribution in [-0.4, -0.2) is 11.9 Å². The molecule has 0 aliphatic heterocycles. The van der Waals surface area contributed by atoms with E-state index in [1.165, 1.54) is 11.1 Å². The minimum Gasteiger partial charge on any atom is -0.366 e. The van der Waals surface area contributed by atoms with Crippen molar-refractivity contribution >= 4 is 5.91 Å². The second-order valence-corrected chi connectivity index (χ2v) is 5.28. The number of carbonyl (C=O) groups excluding carboxylic acids is 1. The predicted octanol–water partition coefficient (Wildman–Crippen LogP) is 2.04. The predicted molar refractivity (Wildman–Crippen MR) is 79.4 cm³/mol. The van der Waals surface area contributed by atoms with Crippen LogP contribution in [0.1, 0.15) is 27.0 Å². The Hall–Kier alpha value is -2.13. The molecule has 0 radical (unpaired) electrons. The van der Waals surface area contributed by atoms with Gasteiger partial charge in [0.1, 0.15) is 0 Å². The molecule has 0 saturated carbocycles. The molecule has 0 unspecified atom stereocenters. The summed E-state index contributed by atoms with van der Waals surface area (Å²) < 4.78 is 0. The maximum Gasteiger partial charge on any atom is 0.249 e. The molecule has 102 valence electrons. The molecule has 0 saturated heterocycles. The smallest absolute Gasteiger partial charge is 0.249 e. The molecule has 3 rings (SSSR count). The lowest BCUT2D eigenvalue weighted by Crippen LogP contribution is -2.30. The lowest BCUT2D eigenvalue weighted by atomic mass is 10.1. The minimum absolute atomic E-state index is 0.364. The number of hydrogen-bond acceptors (Lipinski definition) is 2. The first-order valence-electron chi connectivity index (χ1n) is 6.92. The summed E-state index contributed by atoms with van der Waals surface area (Å²) in [5.41, 5.74) is 9.82. The number of rotatable bonds is 4. The van der Waals surface area contributed by atoms with Crippen LogP contribution >= 0.6 is 0 Å². The Kier molecular flexibility index (Phi) is 3.52. The van der Waals surface area contributed by atoms with Gasteiger partial charge in [0.05, 0.1) is 0 Å². The quantitative estimate of drug-likeness (QED) is 0.889. The lowest BCUT2D eigenvalue weighted by molar-refractivity contribution is 0.0999. The second kappa shape index (κ2) is 5.47. The highest BCUT2D eigenvalue weighted by Crippen LogP contribution is 2.22. The highest BCUT2D eigenvalue weighted by Gasteiger charge is 2.20. The van der Waals surface area contributed by atoms with Crippen LogP contribution in [0.5, 0.6) is 0 Å². The standard InChI is InChI=1S/C17H18N2O/c18-17(20)16-8-4-3-7-14(16)11-19-15-9-12-5-1-2-6-13(12)10-15/h1-8,15,19H,9-11H2,(H2,18,20). The first-order valence-corrected chi connectivity index (χ1v) is 6.92. The third kappa shape index (κ3) is 2.58. The van der Waals surface area contributed by atoms with Gasteiger partial charge >= 0.3 is 0 Å². The number of primary amides is 1. The van der Waals surface area contributed by atoms with E-state index in [0.717, 1.165) is 18.4 Å². The molecule has 0 bridgehead atoms. The molecule has 0 heterocycles. The largest absolute Gasteiger partial charge is 0.366 e. The summed E-state index contributed by atoms with van der Waals surface area (Å²) in [4.78, 5) is 11.4. The van der Waals surface area contributed by atoms with E-state index in [-0.39, 0.29) is 5.91 Å². The van der Waals surface area contributed by atoms with Crippen LogP contribution < -0.4 is 11.1 Å². The molecule has 1 aliphatic rings. The van der Waals surface area contributed by atoms with E-state index < -0.39 is 0 Å². The number of fused-ring (bicyclic) bond motifs is 1. The molecule has 3 N–H and O–H groups in total. The minimum atomic E-state index is -0.364. The molecule has 1 aliphatic carbocycles. The van der Waals surface area contributed by atoms with E-state index in [0.29, 0.717) is 18.2 Å². The van der Waals surface area contributed by atoms with Crippen LogP contribution in [0.15, 0.2) is 48.5 Å². The van der Waals surface area contributed by atoms with Crippen molar-refractivity contribution in [2.24, 2.45) is 5.73 Å². The van der Waals surface area contributed by atoms with Gasteiger partial charge < -0.3 is 11.1 Å². The zero-order valence-corrected chi connectivity index (χ0v) is 11.3. The second-order valence-electron chi connectivity index (χ2n) is 5.28. The SMILES string of the molecule is NC(=O)c1ccccc1CNC1Cc2ccccc2C1. The topological polar surface area (TPSA) is 55.1 Å². The van der Waals surface area contributed by atoms with Crippen molar-refractivity contribution in [2.75, 3.05) is 0 Å². The molecule has 0 aromatic heterocycles. The van der Waals surface area contributed by atoms with Crippen LogP contribution in [0.2, 0.25) is 0 Å². The van der Waals surface area contributed by atoms with E-state index in [1.807, 2.05) is 18.2 Å². The van der Waals surface area contributed by atoms with E-state index in [2.05, 4.69) is 29.6 Å². The van der Waals surface area contributed by atoms with E-state index >= 15 is 0 Å². The zero-order valence-electron chi connectivity index (χ0n) is 11.3. The van der Waals surface area contributed by atoms with Crippen LogP contribution in [-0.2, 0) is 19.4 Å². The summed E-state index contributed by atoms with van der Waals surface area (Å²) in [5.74, 6) is -0.364. The molecule has 0 spiro atoms. The monoisotopic (exact) mass is 266 g/mol. The van der Waals surface area contributed by atoms with Crippen molar-refractivity contribution in [1.29, 1.82) is 0 Å². The van der Waals surface area contributed by atoms with Gasteiger partial charge in [-0.15, -0.1) is 0 Å². The summed E-state index contributed by atoms with van der Waals surface area (Å²) in [6.45, 7) is 0.678. The van der Waals surface area contributed by atoms with E-state index in [1.54, 1.807) is 6.07 Å². The van der Waals surface area contributed by atoms with Crippen molar-refractivity contribution in [1.82, 2.24) is 5.32 Å². The van der Waals surface area contributed by atoms with Crippen LogP contribution in [0.4, 0.5) is 0 Å². The van der Waals surface area contributed by atoms with Gasteiger partial charge in [-0.25, -0.2) is 0 Å². The first-order chi connectivity index (χ1) is 9.74. The van der Waals surface area contributed by atoms with Gasteiger partial charge in [-0.2, -0.15) is 0 Å². The molecular formula is C17H18N2O. The number of nitrogens with two attached hydrogens (primary N) is 1. The summed E-state index contributed by atoms with van der Waals surface area (Å²) >= 11 is 0. The van der Waals surface area contributed by atoms with Crippen LogP contribution in [0, 0.1) is 0 Å². The summed E-state index contributed by atoms with van der Waals surface area (Å²) in [6.07, 6.45) is 2.10. The average molecular weight is 266 g/mol. The third-order valence-corrected chi connectivity index (χ3v) is 3.92. The fraction of sp³-hybridized carbons (Fsp3) is 0.235. The van der Waals surface area contributed by atoms with Crippen molar-refractivity contribution in [3.8, 4) is 0 Å². The third-order valence-electron chi connectivity index (χ3n) is 3.92. The molecule has 20 heavy (non-hydrogen) atoms. The molecule has 3 nitrogen and oxygen atoms in total. The van der Waals surface area contributed by atoms with Gasteiger partial charge in [0.2, 0.25) is 5.91 Å². The van der Waals surface area contributed by atoms with Crippen LogP contribution in [0.25, 0.3) is 0 Å². The fourth-order valence-corrected chi connectivity index (χ4v) is 2.87. The maximum absolute atomic E-state index is 11.4. The number of benzene rings is 2. The highest BCUT2D eigenvalue weighted by atomic mass is 16.1. The molecule has 2 aromatic rings. The zero-order chi connectivity index (χ0) is 13.9. The maximum atomic E-state index is 11.4. The van der Waals surface area contributed by atoms with Crippen molar-refractivity contribution < 1.29 is 4.79 Å². The Morgan fingerprint density at radius 2 is 1.65 bits per heavy atom. The van der Waals surface area contributed by atoms with Gasteiger partial charge in [0.15, 0.2) is 0 Å². The summed E-state index contributed by atoms with van der Waals surface area (Å²) in [6, 6.07) is 16.5. The molecular weight excluding hydrogens is 248 g/mol. The molecule has 0 fully saturated rings. The molecule has 2 aromatic carbocycles. The number of amides is 1. The Labute approximate surface area is 118 Å². The average Bonchev–Trinajstić information content (AvgIpc) is 2.88. The van der Waals surface area contributed by atoms with Crippen LogP contribution in [0.3, 0.4) is 0 Å². The number of carbonyl (C=O) groups is 1. The van der Waals surface area contributed by atoms with Gasteiger partial charge in [-0.1, -0.05) is 42.5 Å². The Balaban J connectivity index is 1.66. The Morgan fingerprint density at radius 3 is 2.30 bits per heavy atom. The Bertz CT molecular complexity index is 611. The van der Waals surface area contributed by atoms with Crippen molar-refractivity contribution in [3.63, 3.8) is 0 Å². The van der Waals surface area contributed by atoms with E-state index in [9.17, 15) is 4.79 Å². The first kappa shape index (κ1) is 12.9.